The first-order valence-corrected chi connectivity index (χ1v) is 12.7. The Morgan fingerprint density at radius 1 is 1.23 bits per heavy atom. The molecule has 3 aromatic rings. The van der Waals surface area contributed by atoms with E-state index in [2.05, 4.69) is 20.7 Å². The molecule has 3 heterocycles. The number of carbonyl (C=O) groups excluding carboxylic acids is 3. The topological polar surface area (TPSA) is 137 Å². The number of aryl methyl sites for hydroxylation is 1. The summed E-state index contributed by atoms with van der Waals surface area (Å²) in [6.07, 6.45) is 1.51. The van der Waals surface area contributed by atoms with E-state index in [1.54, 1.807) is 25.1 Å². The normalized spacial score (nSPS) is 14.9. The van der Waals surface area contributed by atoms with Gasteiger partial charge in [0.2, 0.25) is 5.88 Å². The molecular formula is C25H26Cl2N6O6. The van der Waals surface area contributed by atoms with Gasteiger partial charge in [0.05, 0.1) is 36.5 Å². The number of carbonyl (C=O) groups is 3. The monoisotopic (exact) mass is 576 g/mol. The third-order valence-electron chi connectivity index (χ3n) is 5.74. The Labute approximate surface area is 234 Å². The Morgan fingerprint density at radius 3 is 2.74 bits per heavy atom. The summed E-state index contributed by atoms with van der Waals surface area (Å²) >= 11 is 12.5. The van der Waals surface area contributed by atoms with Gasteiger partial charge in [-0.25, -0.2) is 14.7 Å². The van der Waals surface area contributed by atoms with Gasteiger partial charge in [-0.1, -0.05) is 23.2 Å². The smallest absolute Gasteiger partial charge is 0.274 e. The lowest BCUT2D eigenvalue weighted by Crippen LogP contribution is -2.43. The van der Waals surface area contributed by atoms with Crippen LogP contribution in [0, 0.1) is 6.92 Å². The second kappa shape index (κ2) is 12.4. The molecule has 1 saturated heterocycles. The van der Waals surface area contributed by atoms with Crippen LogP contribution in [0.3, 0.4) is 0 Å². The molecule has 1 aliphatic rings. The lowest BCUT2D eigenvalue weighted by atomic mass is 10.1. The number of benzene rings is 1. The first-order chi connectivity index (χ1) is 18.7. The summed E-state index contributed by atoms with van der Waals surface area (Å²) < 4.78 is 11.7. The Balaban J connectivity index is 1.59. The number of anilines is 1. The molecule has 1 atom stereocenters. The van der Waals surface area contributed by atoms with Gasteiger partial charge in [0.25, 0.3) is 17.7 Å². The maximum Gasteiger partial charge on any atom is 0.274 e. The van der Waals surface area contributed by atoms with Gasteiger partial charge in [0.15, 0.2) is 5.82 Å². The molecule has 1 unspecified atom stereocenters. The van der Waals surface area contributed by atoms with E-state index in [9.17, 15) is 14.4 Å². The van der Waals surface area contributed by atoms with E-state index in [1.807, 2.05) is 6.92 Å². The average molecular weight is 577 g/mol. The quantitative estimate of drug-likeness (QED) is 0.351. The van der Waals surface area contributed by atoms with Crippen molar-refractivity contribution in [3.8, 4) is 11.7 Å². The Bertz CT molecular complexity index is 1400. The van der Waals surface area contributed by atoms with Gasteiger partial charge >= 0.3 is 0 Å². The molecule has 0 aliphatic carbocycles. The van der Waals surface area contributed by atoms with E-state index in [4.69, 9.17) is 37.5 Å². The van der Waals surface area contributed by atoms with Gasteiger partial charge in [-0.2, -0.15) is 0 Å². The van der Waals surface area contributed by atoms with E-state index in [1.165, 1.54) is 30.1 Å². The van der Waals surface area contributed by atoms with Crippen LogP contribution in [-0.4, -0.2) is 77.1 Å². The van der Waals surface area contributed by atoms with Gasteiger partial charge in [-0.3, -0.25) is 19.2 Å². The number of methoxy groups -OCH3 is 1. The highest BCUT2D eigenvalue weighted by Crippen LogP contribution is 2.28. The fraction of sp³-hybridized carbons (Fsp3) is 0.320. The van der Waals surface area contributed by atoms with Crippen LogP contribution in [0.2, 0.25) is 10.0 Å². The van der Waals surface area contributed by atoms with Gasteiger partial charge in [0.1, 0.15) is 18.3 Å². The standard InChI is InChI=1S/C25H26Cl2N6O6/c1-4-38-9-8-32-25(36)18(13-39-32)29-23(34)16-11-15(26)10-14(2)21(16)30-24(35)19-12-20(37-3)31-33(19)22-17(27)6-5-7-28-22/h5-7,10-12,18H,4,8-9,13H2,1-3H3,(H,29,34)(H,30,35). The molecule has 0 spiro atoms. The zero-order valence-electron chi connectivity index (χ0n) is 21.4. The van der Waals surface area contributed by atoms with Crippen LogP contribution < -0.4 is 15.4 Å². The van der Waals surface area contributed by atoms with E-state index >= 15 is 0 Å². The Hall–Kier alpha value is -3.71. The highest BCUT2D eigenvalue weighted by atomic mass is 35.5. The number of nitrogens with one attached hydrogen (secondary N) is 2. The summed E-state index contributed by atoms with van der Waals surface area (Å²) in [5.74, 6) is -1.28. The molecule has 206 valence electrons. The van der Waals surface area contributed by atoms with E-state index < -0.39 is 23.8 Å². The van der Waals surface area contributed by atoms with Crippen LogP contribution in [0.5, 0.6) is 5.88 Å². The van der Waals surface area contributed by atoms with Crippen molar-refractivity contribution in [2.24, 2.45) is 0 Å². The number of hydroxylamine groups is 2. The van der Waals surface area contributed by atoms with Crippen molar-refractivity contribution in [1.82, 2.24) is 25.1 Å². The largest absolute Gasteiger partial charge is 0.480 e. The summed E-state index contributed by atoms with van der Waals surface area (Å²) in [6, 6.07) is 6.75. The molecule has 0 bridgehead atoms. The predicted molar refractivity (Wildman–Crippen MR) is 142 cm³/mol. The van der Waals surface area contributed by atoms with Gasteiger partial charge in [0, 0.05) is 23.9 Å². The van der Waals surface area contributed by atoms with Gasteiger partial charge in [-0.05, 0) is 43.7 Å². The maximum atomic E-state index is 13.5. The van der Waals surface area contributed by atoms with Crippen LogP contribution in [0.1, 0.15) is 33.3 Å². The highest BCUT2D eigenvalue weighted by Gasteiger charge is 2.35. The molecule has 3 amide bonds. The molecule has 1 fully saturated rings. The number of amides is 3. The van der Waals surface area contributed by atoms with Crippen LogP contribution in [0.15, 0.2) is 36.5 Å². The zero-order chi connectivity index (χ0) is 28.1. The number of hydrogen-bond acceptors (Lipinski definition) is 8. The van der Waals surface area contributed by atoms with Crippen molar-refractivity contribution < 1.29 is 28.7 Å². The number of halogens is 2. The first-order valence-electron chi connectivity index (χ1n) is 11.9. The molecule has 0 saturated carbocycles. The fourth-order valence-electron chi connectivity index (χ4n) is 3.86. The zero-order valence-corrected chi connectivity index (χ0v) is 22.9. The van der Waals surface area contributed by atoms with Crippen LogP contribution in [-0.2, 0) is 14.4 Å². The summed E-state index contributed by atoms with van der Waals surface area (Å²) in [7, 11) is 1.41. The Kier molecular flexibility index (Phi) is 9.02. The average Bonchev–Trinajstić information content (AvgIpc) is 3.49. The van der Waals surface area contributed by atoms with Crippen LogP contribution in [0.4, 0.5) is 5.69 Å². The first kappa shape index (κ1) is 28.3. The molecule has 2 aromatic heterocycles. The van der Waals surface area contributed by atoms with Gasteiger partial charge in [-0.15, -0.1) is 5.10 Å². The second-order valence-electron chi connectivity index (χ2n) is 8.35. The minimum Gasteiger partial charge on any atom is -0.480 e. The van der Waals surface area contributed by atoms with Crippen molar-refractivity contribution in [1.29, 1.82) is 0 Å². The molecule has 12 nitrogen and oxygen atoms in total. The summed E-state index contributed by atoms with van der Waals surface area (Å²) in [5.41, 5.74) is 0.822. The number of aromatic nitrogens is 3. The van der Waals surface area contributed by atoms with E-state index in [0.717, 1.165) is 5.06 Å². The summed E-state index contributed by atoms with van der Waals surface area (Å²) in [5, 5.41) is 11.4. The lowest BCUT2D eigenvalue weighted by molar-refractivity contribution is -0.164. The van der Waals surface area contributed by atoms with Crippen molar-refractivity contribution in [2.45, 2.75) is 19.9 Å². The summed E-state index contributed by atoms with van der Waals surface area (Å²) in [4.78, 5) is 49.1. The maximum absolute atomic E-state index is 13.5. The van der Waals surface area contributed by atoms with E-state index in [0.29, 0.717) is 18.8 Å². The molecule has 2 N–H and O–H groups in total. The summed E-state index contributed by atoms with van der Waals surface area (Å²) in [6.45, 7) is 4.53. The van der Waals surface area contributed by atoms with Crippen molar-refractivity contribution >= 4 is 46.6 Å². The molecule has 1 aliphatic heterocycles. The number of ether oxygens (including phenoxy) is 2. The van der Waals surface area contributed by atoms with E-state index in [-0.39, 0.29) is 51.8 Å². The van der Waals surface area contributed by atoms with Crippen molar-refractivity contribution in [2.75, 3.05) is 38.8 Å². The van der Waals surface area contributed by atoms with Crippen LogP contribution >= 0.6 is 23.2 Å². The lowest BCUT2D eigenvalue weighted by Gasteiger charge is -2.17. The molecule has 39 heavy (non-hydrogen) atoms. The van der Waals surface area contributed by atoms with Crippen molar-refractivity contribution in [3.63, 3.8) is 0 Å². The minimum atomic E-state index is -0.918. The molecule has 1 aromatic carbocycles. The fourth-order valence-corrected chi connectivity index (χ4v) is 4.33. The number of nitrogens with zero attached hydrogens (tertiary/aromatic N) is 4. The molecule has 14 heteroatoms. The number of rotatable bonds is 10. The Morgan fingerprint density at radius 2 is 2.03 bits per heavy atom. The molecule has 0 radical (unpaired) electrons. The predicted octanol–water partition coefficient (Wildman–Crippen LogP) is 3.05. The SMILES string of the molecule is CCOCCN1OCC(NC(=O)c2cc(Cl)cc(C)c2NC(=O)c2cc(OC)nn2-c2ncccc2Cl)C1=O. The molecule has 4 rings (SSSR count). The minimum absolute atomic E-state index is 0.0399. The van der Waals surface area contributed by atoms with Crippen LogP contribution in [0.25, 0.3) is 5.82 Å². The number of pyridine rings is 1. The van der Waals surface area contributed by atoms with Crippen molar-refractivity contribution in [3.05, 3.63) is 63.4 Å². The third kappa shape index (κ3) is 6.31. The second-order valence-corrected chi connectivity index (χ2v) is 9.19. The number of hydrogen-bond donors (Lipinski definition) is 2. The third-order valence-corrected chi connectivity index (χ3v) is 6.25. The highest BCUT2D eigenvalue weighted by molar-refractivity contribution is 6.32. The van der Waals surface area contributed by atoms with Gasteiger partial charge < -0.3 is 20.1 Å². The molecular weight excluding hydrogens is 551 g/mol.